The first-order valence-corrected chi connectivity index (χ1v) is 6.09. The summed E-state index contributed by atoms with van der Waals surface area (Å²) in [7, 11) is 0. The summed E-state index contributed by atoms with van der Waals surface area (Å²) in [5.41, 5.74) is 0. The summed E-state index contributed by atoms with van der Waals surface area (Å²) in [5, 5.41) is 0. The quantitative estimate of drug-likeness (QED) is 0.433. The number of rotatable bonds is 10. The molecule has 100 valence electrons. The molecule has 0 saturated carbocycles. The molecule has 0 aromatic carbocycles. The van der Waals surface area contributed by atoms with E-state index in [0.717, 1.165) is 0 Å². The molecule has 0 saturated heterocycles. The van der Waals surface area contributed by atoms with Crippen LogP contribution in [0.25, 0.3) is 0 Å². The molecule has 0 aliphatic heterocycles. The van der Waals surface area contributed by atoms with E-state index in [1.807, 2.05) is 0 Å². The van der Waals surface area contributed by atoms with Crippen LogP contribution in [-0.4, -0.2) is 38.4 Å². The molecule has 0 rings (SSSR count). The third-order valence-corrected chi connectivity index (χ3v) is 1.95. The van der Waals surface area contributed by atoms with Gasteiger partial charge in [0, 0.05) is 26.1 Å². The minimum absolute atomic E-state index is 0.192. The van der Waals surface area contributed by atoms with Crippen molar-refractivity contribution in [3.63, 3.8) is 0 Å². The Bertz CT molecular complexity index is 193. The van der Waals surface area contributed by atoms with E-state index in [9.17, 15) is 9.59 Å². The van der Waals surface area contributed by atoms with Crippen molar-refractivity contribution >= 4 is 11.9 Å². The van der Waals surface area contributed by atoms with Crippen LogP contribution in [0.2, 0.25) is 0 Å². The molecule has 0 bridgehead atoms. The molecule has 0 N–H and O–H groups in total. The van der Waals surface area contributed by atoms with Gasteiger partial charge >= 0.3 is 11.9 Å². The zero-order chi connectivity index (χ0) is 12.9. The monoisotopic (exact) mass is 246 g/mol. The number of hydrogen-bond donors (Lipinski definition) is 0. The molecule has 5 heteroatoms. The molecular formula is C12H22O5. The lowest BCUT2D eigenvalue weighted by molar-refractivity contribution is -0.144. The molecular weight excluding hydrogens is 224 g/mol. The normalized spacial score (nSPS) is 10.0. The van der Waals surface area contributed by atoms with E-state index in [-0.39, 0.29) is 11.9 Å². The van der Waals surface area contributed by atoms with Gasteiger partial charge in [-0.1, -0.05) is 0 Å². The maximum absolute atomic E-state index is 11.0. The molecule has 0 amide bonds. The Morgan fingerprint density at radius 2 is 1.24 bits per heavy atom. The van der Waals surface area contributed by atoms with Gasteiger partial charge in [0.2, 0.25) is 0 Å². The van der Waals surface area contributed by atoms with Crippen molar-refractivity contribution in [3.8, 4) is 0 Å². The minimum Gasteiger partial charge on any atom is -0.466 e. The van der Waals surface area contributed by atoms with Gasteiger partial charge in [-0.25, -0.2) is 0 Å². The Kier molecular flexibility index (Phi) is 10.7. The van der Waals surface area contributed by atoms with Crippen molar-refractivity contribution in [1.29, 1.82) is 0 Å². The van der Waals surface area contributed by atoms with Crippen LogP contribution in [0.15, 0.2) is 0 Å². The van der Waals surface area contributed by atoms with Crippen molar-refractivity contribution in [3.05, 3.63) is 0 Å². The first-order valence-electron chi connectivity index (χ1n) is 6.09. The second-order valence-corrected chi connectivity index (χ2v) is 3.43. The minimum atomic E-state index is -0.192. The summed E-state index contributed by atoms with van der Waals surface area (Å²) in [6.45, 7) is 5.43. The van der Waals surface area contributed by atoms with Gasteiger partial charge in [0.25, 0.3) is 0 Å². The molecule has 0 unspecified atom stereocenters. The fraction of sp³-hybridized carbons (Fsp3) is 0.833. The highest BCUT2D eigenvalue weighted by Gasteiger charge is 2.02. The van der Waals surface area contributed by atoms with Crippen LogP contribution in [-0.2, 0) is 23.8 Å². The van der Waals surface area contributed by atoms with E-state index in [2.05, 4.69) is 0 Å². The zero-order valence-electron chi connectivity index (χ0n) is 10.7. The molecule has 0 aliphatic carbocycles. The average Bonchev–Trinajstić information content (AvgIpc) is 2.28. The van der Waals surface area contributed by atoms with Gasteiger partial charge in [-0.15, -0.1) is 0 Å². The maximum atomic E-state index is 11.0. The highest BCUT2D eigenvalue weighted by Crippen LogP contribution is 1.97. The molecule has 0 fully saturated rings. The Morgan fingerprint density at radius 3 is 1.59 bits per heavy atom. The van der Waals surface area contributed by atoms with Crippen LogP contribution in [0, 0.1) is 0 Å². The highest BCUT2D eigenvalue weighted by atomic mass is 16.5. The molecule has 5 nitrogen and oxygen atoms in total. The van der Waals surface area contributed by atoms with Crippen LogP contribution in [0.5, 0.6) is 0 Å². The standard InChI is InChI=1S/C12H22O5/c1-3-16-11(13)7-5-9-15-10-6-8-12(14)17-4-2/h3-10H2,1-2H3. The van der Waals surface area contributed by atoms with E-state index in [1.165, 1.54) is 0 Å². The number of ether oxygens (including phenoxy) is 3. The molecule has 0 radical (unpaired) electrons. The van der Waals surface area contributed by atoms with E-state index in [0.29, 0.717) is 52.1 Å². The number of esters is 2. The van der Waals surface area contributed by atoms with Crippen LogP contribution in [0.1, 0.15) is 39.5 Å². The largest absolute Gasteiger partial charge is 0.466 e. The SMILES string of the molecule is CCOC(=O)CCCOCCCC(=O)OCC. The van der Waals surface area contributed by atoms with Crippen LogP contribution >= 0.6 is 0 Å². The van der Waals surface area contributed by atoms with Crippen LogP contribution in [0.4, 0.5) is 0 Å². The van der Waals surface area contributed by atoms with Gasteiger partial charge in [-0.3, -0.25) is 9.59 Å². The van der Waals surface area contributed by atoms with Crippen molar-refractivity contribution in [2.24, 2.45) is 0 Å². The van der Waals surface area contributed by atoms with Gasteiger partial charge in [0.1, 0.15) is 0 Å². The topological polar surface area (TPSA) is 61.8 Å². The lowest BCUT2D eigenvalue weighted by Crippen LogP contribution is -2.08. The predicted molar refractivity (Wildman–Crippen MR) is 62.6 cm³/mol. The van der Waals surface area contributed by atoms with Crippen LogP contribution in [0.3, 0.4) is 0 Å². The summed E-state index contributed by atoms with van der Waals surface area (Å²) < 4.78 is 14.8. The molecule has 0 aliphatic rings. The lowest BCUT2D eigenvalue weighted by Gasteiger charge is -2.04. The van der Waals surface area contributed by atoms with E-state index in [4.69, 9.17) is 14.2 Å². The van der Waals surface area contributed by atoms with Gasteiger partial charge in [0.05, 0.1) is 13.2 Å². The summed E-state index contributed by atoms with van der Waals surface area (Å²) in [6.07, 6.45) is 2.06. The molecule has 17 heavy (non-hydrogen) atoms. The molecule has 0 spiro atoms. The number of carbonyl (C=O) groups excluding carboxylic acids is 2. The van der Waals surface area contributed by atoms with Crippen molar-refractivity contribution < 1.29 is 23.8 Å². The Morgan fingerprint density at radius 1 is 0.824 bits per heavy atom. The van der Waals surface area contributed by atoms with E-state index in [1.54, 1.807) is 13.8 Å². The fourth-order valence-electron chi connectivity index (χ4n) is 1.21. The first-order chi connectivity index (χ1) is 8.20. The van der Waals surface area contributed by atoms with Gasteiger partial charge in [-0.2, -0.15) is 0 Å². The summed E-state index contributed by atoms with van der Waals surface area (Å²) >= 11 is 0. The summed E-state index contributed by atoms with van der Waals surface area (Å²) in [5.74, 6) is -0.384. The second kappa shape index (κ2) is 11.4. The maximum Gasteiger partial charge on any atom is 0.305 e. The molecule has 0 aromatic heterocycles. The summed E-state index contributed by atoms with van der Waals surface area (Å²) in [4.78, 5) is 21.9. The smallest absolute Gasteiger partial charge is 0.305 e. The average molecular weight is 246 g/mol. The van der Waals surface area contributed by atoms with Crippen molar-refractivity contribution in [2.45, 2.75) is 39.5 Å². The van der Waals surface area contributed by atoms with E-state index < -0.39 is 0 Å². The fourth-order valence-corrected chi connectivity index (χ4v) is 1.21. The molecule has 0 atom stereocenters. The Balaban J connectivity index is 3.18. The molecule has 0 heterocycles. The van der Waals surface area contributed by atoms with Gasteiger partial charge < -0.3 is 14.2 Å². The highest BCUT2D eigenvalue weighted by molar-refractivity contribution is 5.69. The Hall–Kier alpha value is -1.10. The first kappa shape index (κ1) is 15.9. The predicted octanol–water partition coefficient (Wildman–Crippen LogP) is 1.69. The van der Waals surface area contributed by atoms with Crippen LogP contribution < -0.4 is 0 Å². The second-order valence-electron chi connectivity index (χ2n) is 3.43. The third-order valence-electron chi connectivity index (χ3n) is 1.95. The third kappa shape index (κ3) is 11.2. The van der Waals surface area contributed by atoms with E-state index >= 15 is 0 Å². The number of hydrogen-bond acceptors (Lipinski definition) is 5. The Labute approximate surface area is 102 Å². The summed E-state index contributed by atoms with van der Waals surface area (Å²) in [6, 6.07) is 0. The molecule has 0 aromatic rings. The van der Waals surface area contributed by atoms with Gasteiger partial charge in [-0.05, 0) is 26.7 Å². The van der Waals surface area contributed by atoms with Crippen molar-refractivity contribution in [1.82, 2.24) is 0 Å². The van der Waals surface area contributed by atoms with Crippen molar-refractivity contribution in [2.75, 3.05) is 26.4 Å². The number of carbonyl (C=O) groups is 2. The zero-order valence-corrected chi connectivity index (χ0v) is 10.7. The lowest BCUT2D eigenvalue weighted by atomic mass is 10.3. The van der Waals surface area contributed by atoms with Gasteiger partial charge in [0.15, 0.2) is 0 Å².